The summed E-state index contributed by atoms with van der Waals surface area (Å²) in [6.07, 6.45) is 13.1. The third-order valence-corrected chi connectivity index (χ3v) is 8.18. The molecule has 4 nitrogen and oxygen atoms in total. The minimum atomic E-state index is -0.858. The fourth-order valence-electron chi connectivity index (χ4n) is 6.58. The normalized spacial score (nSPS) is 29.4. The average Bonchev–Trinajstić information content (AvgIpc) is 2.88. The van der Waals surface area contributed by atoms with Crippen LogP contribution in [0.5, 0.6) is 0 Å². The van der Waals surface area contributed by atoms with Crippen LogP contribution in [0.1, 0.15) is 50.2 Å². The van der Waals surface area contributed by atoms with E-state index in [4.69, 9.17) is 0 Å². The van der Waals surface area contributed by atoms with Crippen molar-refractivity contribution in [1.29, 1.82) is 0 Å². The third-order valence-electron chi connectivity index (χ3n) is 8.18. The molecule has 1 amide bonds. The van der Waals surface area contributed by atoms with Crippen molar-refractivity contribution in [1.82, 2.24) is 10.3 Å². The van der Waals surface area contributed by atoms with Gasteiger partial charge in [-0.25, -0.2) is 0 Å². The van der Waals surface area contributed by atoms with Gasteiger partial charge in [-0.2, -0.15) is 0 Å². The highest BCUT2D eigenvalue weighted by molar-refractivity contribution is 5.94. The van der Waals surface area contributed by atoms with Gasteiger partial charge in [0.1, 0.15) is 5.60 Å². The van der Waals surface area contributed by atoms with Crippen molar-refractivity contribution in [2.24, 2.45) is 23.7 Å². The molecule has 3 aliphatic carbocycles. The Hall–Kier alpha value is -3.16. The maximum Gasteiger partial charge on any atom is 0.247 e. The molecule has 180 valence electrons. The Labute approximate surface area is 208 Å². The number of hydrogen-bond donors (Lipinski definition) is 2. The molecule has 4 heteroatoms. The van der Waals surface area contributed by atoms with E-state index in [0.29, 0.717) is 30.2 Å². The maximum atomic E-state index is 13.1. The van der Waals surface area contributed by atoms with Crippen molar-refractivity contribution < 1.29 is 9.90 Å². The van der Waals surface area contributed by atoms with Crippen molar-refractivity contribution in [2.45, 2.75) is 57.6 Å². The number of hydrogen-bond acceptors (Lipinski definition) is 3. The van der Waals surface area contributed by atoms with E-state index in [1.54, 1.807) is 12.4 Å². The molecule has 0 bridgehead atoms. The molecular weight excluding hydrogens is 432 g/mol. The number of benzene rings is 1. The summed E-state index contributed by atoms with van der Waals surface area (Å²) < 4.78 is 0. The van der Waals surface area contributed by atoms with Crippen LogP contribution in [0, 0.1) is 35.5 Å². The molecule has 0 spiro atoms. The van der Waals surface area contributed by atoms with Crippen LogP contribution in [0.15, 0.2) is 78.2 Å². The summed E-state index contributed by atoms with van der Waals surface area (Å²) in [4.78, 5) is 17.1. The Morgan fingerprint density at radius 1 is 1.11 bits per heavy atom. The average molecular weight is 467 g/mol. The third kappa shape index (κ3) is 5.26. The standard InChI is InChI=1S/C31H34N2O2/c1-2-13-31(35)14-10-27-26(20-31)18-25(17-22-6-4-3-5-7-22)29-19-24(8-9-28(27)29)30(34)33-21-23-11-15-32-16-12-23/h3-9,11-12,15-16,25-27,29,35H,10,14,17-21H2,1H3,(H,33,34)/t25?,26-,27?,29?,31+/m1/s1. The summed E-state index contributed by atoms with van der Waals surface area (Å²) in [5.41, 5.74) is 3.89. The van der Waals surface area contributed by atoms with Gasteiger partial charge >= 0.3 is 0 Å². The van der Waals surface area contributed by atoms with Gasteiger partial charge in [0.25, 0.3) is 0 Å². The number of carbonyl (C=O) groups excluding carboxylic acids is 1. The molecule has 3 unspecified atom stereocenters. The van der Waals surface area contributed by atoms with Crippen LogP contribution in [0.4, 0.5) is 0 Å². The zero-order valence-electron chi connectivity index (χ0n) is 20.4. The number of fused-ring (bicyclic) bond motifs is 3. The van der Waals surface area contributed by atoms with Crippen LogP contribution in [0.3, 0.4) is 0 Å². The molecule has 2 fully saturated rings. The number of amides is 1. The SMILES string of the molecule is CC#C[C@]1(O)CCC2C3=CC=C(C(=O)NCc4ccncc4)CC3C(Cc3ccccc3)C[C@@H]2C1. The van der Waals surface area contributed by atoms with E-state index in [0.717, 1.165) is 49.7 Å². The van der Waals surface area contributed by atoms with Crippen molar-refractivity contribution >= 4 is 5.91 Å². The zero-order valence-corrected chi connectivity index (χ0v) is 20.4. The first-order valence-corrected chi connectivity index (χ1v) is 12.8. The fourth-order valence-corrected chi connectivity index (χ4v) is 6.58. The van der Waals surface area contributed by atoms with E-state index in [-0.39, 0.29) is 5.91 Å². The Morgan fingerprint density at radius 3 is 2.69 bits per heavy atom. The van der Waals surface area contributed by atoms with Gasteiger partial charge in [-0.3, -0.25) is 9.78 Å². The van der Waals surface area contributed by atoms with Crippen molar-refractivity contribution in [2.75, 3.05) is 0 Å². The number of nitrogens with one attached hydrogen (secondary N) is 1. The molecule has 5 rings (SSSR count). The molecule has 0 saturated heterocycles. The molecule has 3 aliphatic rings. The highest BCUT2D eigenvalue weighted by Crippen LogP contribution is 2.53. The molecule has 0 radical (unpaired) electrons. The number of nitrogens with zero attached hydrogens (tertiary/aromatic N) is 1. The lowest BCUT2D eigenvalue weighted by Crippen LogP contribution is -2.45. The van der Waals surface area contributed by atoms with Crippen LogP contribution in [0.25, 0.3) is 0 Å². The van der Waals surface area contributed by atoms with Crippen LogP contribution >= 0.6 is 0 Å². The van der Waals surface area contributed by atoms with Crippen molar-refractivity contribution in [3.8, 4) is 11.8 Å². The van der Waals surface area contributed by atoms with Gasteiger partial charge in [-0.05, 0) is 92.4 Å². The molecular formula is C31H34N2O2. The summed E-state index contributed by atoms with van der Waals surface area (Å²) in [6.45, 7) is 2.32. The van der Waals surface area contributed by atoms with E-state index in [2.05, 4.69) is 58.5 Å². The van der Waals surface area contributed by atoms with E-state index in [9.17, 15) is 9.90 Å². The Balaban J connectivity index is 1.38. The Bertz CT molecular complexity index is 1170. The summed E-state index contributed by atoms with van der Waals surface area (Å²) in [5, 5.41) is 14.2. The minimum Gasteiger partial charge on any atom is -0.378 e. The summed E-state index contributed by atoms with van der Waals surface area (Å²) in [7, 11) is 0. The van der Waals surface area contributed by atoms with Gasteiger partial charge in [0.15, 0.2) is 0 Å². The van der Waals surface area contributed by atoms with Crippen LogP contribution in [0.2, 0.25) is 0 Å². The number of rotatable bonds is 5. The van der Waals surface area contributed by atoms with Crippen molar-refractivity contribution in [3.63, 3.8) is 0 Å². The molecule has 5 atom stereocenters. The topological polar surface area (TPSA) is 62.2 Å². The van der Waals surface area contributed by atoms with Crippen LogP contribution in [-0.2, 0) is 17.8 Å². The second-order valence-electron chi connectivity index (χ2n) is 10.4. The van der Waals surface area contributed by atoms with Gasteiger partial charge in [0.05, 0.1) is 0 Å². The van der Waals surface area contributed by atoms with E-state index in [1.165, 1.54) is 11.1 Å². The first kappa shape index (κ1) is 23.6. The number of aliphatic hydroxyl groups is 1. The van der Waals surface area contributed by atoms with Gasteiger partial charge in [-0.1, -0.05) is 54.0 Å². The number of allylic oxidation sites excluding steroid dienone is 3. The summed E-state index contributed by atoms with van der Waals surface area (Å²) >= 11 is 0. The Kier molecular flexibility index (Phi) is 6.88. The summed E-state index contributed by atoms with van der Waals surface area (Å²) in [5.74, 6) is 7.79. The first-order chi connectivity index (χ1) is 17.0. The van der Waals surface area contributed by atoms with E-state index in [1.807, 2.05) is 25.1 Å². The van der Waals surface area contributed by atoms with Gasteiger partial charge < -0.3 is 10.4 Å². The second-order valence-corrected chi connectivity index (χ2v) is 10.4. The Morgan fingerprint density at radius 2 is 1.91 bits per heavy atom. The minimum absolute atomic E-state index is 0.0222. The van der Waals surface area contributed by atoms with Gasteiger partial charge in [0, 0.05) is 24.5 Å². The van der Waals surface area contributed by atoms with Gasteiger partial charge in [0.2, 0.25) is 5.91 Å². The molecule has 2 saturated carbocycles. The van der Waals surface area contributed by atoms with Crippen LogP contribution in [-0.4, -0.2) is 21.6 Å². The van der Waals surface area contributed by atoms with Gasteiger partial charge in [-0.15, -0.1) is 5.92 Å². The fraction of sp³-hybridized carbons (Fsp3) is 0.419. The molecule has 0 aliphatic heterocycles. The number of pyridine rings is 1. The highest BCUT2D eigenvalue weighted by atomic mass is 16.3. The maximum absolute atomic E-state index is 13.1. The smallest absolute Gasteiger partial charge is 0.247 e. The van der Waals surface area contributed by atoms with E-state index < -0.39 is 5.60 Å². The number of aromatic nitrogens is 1. The molecule has 35 heavy (non-hydrogen) atoms. The molecule has 2 aromatic rings. The summed E-state index contributed by atoms with van der Waals surface area (Å²) in [6, 6.07) is 14.5. The second kappa shape index (κ2) is 10.2. The quantitative estimate of drug-likeness (QED) is 0.610. The monoisotopic (exact) mass is 466 g/mol. The van der Waals surface area contributed by atoms with E-state index >= 15 is 0 Å². The lowest BCUT2D eigenvalue weighted by atomic mass is 9.55. The molecule has 2 N–H and O–H groups in total. The zero-order chi connectivity index (χ0) is 24.3. The lowest BCUT2D eigenvalue weighted by molar-refractivity contribution is -0.118. The van der Waals surface area contributed by atoms with Crippen molar-refractivity contribution in [3.05, 3.63) is 89.3 Å². The lowest BCUT2D eigenvalue weighted by Gasteiger charge is -2.50. The predicted octanol–water partition coefficient (Wildman–Crippen LogP) is 5.00. The first-order valence-electron chi connectivity index (χ1n) is 12.8. The highest BCUT2D eigenvalue weighted by Gasteiger charge is 2.47. The van der Waals surface area contributed by atoms with Crippen LogP contribution < -0.4 is 5.32 Å². The molecule has 1 heterocycles. The largest absolute Gasteiger partial charge is 0.378 e. The predicted molar refractivity (Wildman–Crippen MR) is 138 cm³/mol. The number of carbonyl (C=O) groups is 1. The molecule has 1 aromatic heterocycles. The molecule has 1 aromatic carbocycles.